The van der Waals surface area contributed by atoms with Crippen LogP contribution in [-0.4, -0.2) is 70.3 Å². The first-order valence-electron chi connectivity index (χ1n) is 10.3. The maximum atomic E-state index is 12.9. The maximum absolute atomic E-state index is 12.9. The van der Waals surface area contributed by atoms with E-state index in [0.717, 1.165) is 5.56 Å². The molecular weight excluding hydrogens is 386 g/mol. The number of aromatic hydroxyl groups is 1. The van der Waals surface area contributed by atoms with E-state index in [1.54, 1.807) is 38.1 Å². The second-order valence-corrected chi connectivity index (χ2v) is 8.18. The van der Waals surface area contributed by atoms with Crippen LogP contribution in [0.25, 0.3) is 0 Å². The molecule has 1 aromatic carbocycles. The molecule has 2 aliphatic heterocycles. The lowest BCUT2D eigenvalue weighted by molar-refractivity contribution is -0.157. The van der Waals surface area contributed by atoms with Crippen molar-refractivity contribution in [1.29, 1.82) is 0 Å². The van der Waals surface area contributed by atoms with E-state index in [0.29, 0.717) is 69.1 Å². The number of aryl methyl sites for hydroxylation is 2. The van der Waals surface area contributed by atoms with Gasteiger partial charge in [-0.3, -0.25) is 9.59 Å². The molecule has 0 radical (unpaired) electrons. The van der Waals surface area contributed by atoms with Crippen molar-refractivity contribution in [2.45, 2.75) is 38.7 Å². The number of carbonyl (C=O) groups excluding carboxylic acids is 2. The highest BCUT2D eigenvalue weighted by Crippen LogP contribution is 2.31. The summed E-state index contributed by atoms with van der Waals surface area (Å²) in [5.41, 5.74) is 1.62. The van der Waals surface area contributed by atoms with Gasteiger partial charge in [0.1, 0.15) is 17.1 Å². The van der Waals surface area contributed by atoms with Gasteiger partial charge in [0.15, 0.2) is 0 Å². The predicted octanol–water partition coefficient (Wildman–Crippen LogP) is 2.07. The molecule has 0 atom stereocenters. The molecule has 2 fully saturated rings. The number of nitrogens with zero attached hydrogens (tertiary/aromatic N) is 3. The third-order valence-corrected chi connectivity index (χ3v) is 6.10. The number of hydrogen-bond donors (Lipinski definition) is 1. The fourth-order valence-corrected chi connectivity index (χ4v) is 4.32. The van der Waals surface area contributed by atoms with Crippen LogP contribution in [0, 0.1) is 13.8 Å². The Morgan fingerprint density at radius 1 is 1.10 bits per heavy atom. The first kappa shape index (κ1) is 20.4. The van der Waals surface area contributed by atoms with Gasteiger partial charge in [-0.15, -0.1) is 0 Å². The lowest BCUT2D eigenvalue weighted by Gasteiger charge is -2.47. The van der Waals surface area contributed by atoms with E-state index in [4.69, 9.17) is 9.26 Å². The van der Waals surface area contributed by atoms with Crippen LogP contribution in [0.4, 0.5) is 0 Å². The van der Waals surface area contributed by atoms with Crippen LogP contribution in [0.3, 0.4) is 0 Å². The van der Waals surface area contributed by atoms with Gasteiger partial charge in [-0.05, 0) is 44.4 Å². The minimum atomic E-state index is -0.404. The number of phenolic OH excluding ortho intramolecular Hbond substituents is 1. The zero-order chi connectivity index (χ0) is 21.3. The second-order valence-electron chi connectivity index (χ2n) is 8.18. The summed E-state index contributed by atoms with van der Waals surface area (Å²) in [4.78, 5) is 29.4. The van der Waals surface area contributed by atoms with Gasteiger partial charge in [-0.25, -0.2) is 0 Å². The van der Waals surface area contributed by atoms with E-state index >= 15 is 0 Å². The molecule has 2 saturated heterocycles. The average Bonchev–Trinajstić information content (AvgIpc) is 3.08. The number of morpholine rings is 1. The molecule has 1 N–H and O–H groups in total. The number of carbonyl (C=O) groups is 2. The molecule has 8 nitrogen and oxygen atoms in total. The predicted molar refractivity (Wildman–Crippen MR) is 108 cm³/mol. The third-order valence-electron chi connectivity index (χ3n) is 6.10. The molecule has 8 heteroatoms. The summed E-state index contributed by atoms with van der Waals surface area (Å²) in [6.45, 7) is 6.28. The number of benzene rings is 1. The first-order valence-corrected chi connectivity index (χ1v) is 10.3. The van der Waals surface area contributed by atoms with Crippen LogP contribution >= 0.6 is 0 Å². The molecule has 160 valence electrons. The first-order chi connectivity index (χ1) is 14.4. The summed E-state index contributed by atoms with van der Waals surface area (Å²) in [6.07, 6.45) is 1.67. The summed E-state index contributed by atoms with van der Waals surface area (Å²) >= 11 is 0. The van der Waals surface area contributed by atoms with Crippen LogP contribution in [0.5, 0.6) is 5.75 Å². The van der Waals surface area contributed by atoms with E-state index in [9.17, 15) is 14.7 Å². The van der Waals surface area contributed by atoms with Gasteiger partial charge in [0, 0.05) is 26.2 Å². The summed E-state index contributed by atoms with van der Waals surface area (Å²) in [6, 6.07) is 6.72. The van der Waals surface area contributed by atoms with Gasteiger partial charge in [0.05, 0.1) is 24.3 Å². The van der Waals surface area contributed by atoms with Gasteiger partial charge in [-0.1, -0.05) is 17.3 Å². The van der Waals surface area contributed by atoms with Crippen LogP contribution in [0.2, 0.25) is 0 Å². The Morgan fingerprint density at radius 2 is 1.80 bits per heavy atom. The minimum absolute atomic E-state index is 0.0533. The highest BCUT2D eigenvalue weighted by Gasteiger charge is 2.42. The summed E-state index contributed by atoms with van der Waals surface area (Å²) < 4.78 is 11.3. The molecule has 30 heavy (non-hydrogen) atoms. The van der Waals surface area contributed by atoms with E-state index < -0.39 is 5.60 Å². The molecule has 2 aromatic rings. The van der Waals surface area contributed by atoms with Crippen molar-refractivity contribution in [1.82, 2.24) is 15.0 Å². The maximum Gasteiger partial charge on any atom is 0.259 e. The average molecular weight is 413 g/mol. The molecule has 1 aromatic heterocycles. The van der Waals surface area contributed by atoms with Crippen LogP contribution < -0.4 is 0 Å². The number of ether oxygens (including phenoxy) is 1. The largest absolute Gasteiger partial charge is 0.508 e. The Morgan fingerprint density at radius 3 is 2.43 bits per heavy atom. The summed E-state index contributed by atoms with van der Waals surface area (Å²) in [7, 11) is 0. The fourth-order valence-electron chi connectivity index (χ4n) is 4.32. The molecule has 1 spiro atoms. The minimum Gasteiger partial charge on any atom is -0.508 e. The van der Waals surface area contributed by atoms with E-state index in [1.807, 2.05) is 9.80 Å². The Bertz CT molecular complexity index is 909. The SMILES string of the molecule is Cc1noc(C)c1C(=O)N1CCC2(CC1)CN(C(=O)Cc1ccc(O)cc1)CCO2. The Labute approximate surface area is 175 Å². The topological polar surface area (TPSA) is 96.1 Å². The van der Waals surface area contributed by atoms with Crippen molar-refractivity contribution < 1.29 is 24.0 Å². The Hall–Kier alpha value is -2.87. The highest BCUT2D eigenvalue weighted by molar-refractivity contribution is 5.96. The van der Waals surface area contributed by atoms with Crippen molar-refractivity contribution in [3.63, 3.8) is 0 Å². The van der Waals surface area contributed by atoms with Crippen LogP contribution in [0.15, 0.2) is 28.8 Å². The second kappa shape index (κ2) is 8.10. The number of piperidine rings is 1. The fraction of sp³-hybridized carbons (Fsp3) is 0.500. The molecule has 0 unspecified atom stereocenters. The van der Waals surface area contributed by atoms with E-state index in [2.05, 4.69) is 5.16 Å². The number of rotatable bonds is 3. The lowest BCUT2D eigenvalue weighted by atomic mass is 9.88. The summed E-state index contributed by atoms with van der Waals surface area (Å²) in [5.74, 6) is 0.724. The zero-order valence-electron chi connectivity index (χ0n) is 17.4. The van der Waals surface area contributed by atoms with Crippen LogP contribution in [-0.2, 0) is 16.0 Å². The molecule has 0 aliphatic carbocycles. The molecule has 0 bridgehead atoms. The van der Waals surface area contributed by atoms with Gasteiger partial charge in [-0.2, -0.15) is 0 Å². The molecule has 3 heterocycles. The van der Waals surface area contributed by atoms with Crippen molar-refractivity contribution in [2.75, 3.05) is 32.8 Å². The molecule has 2 amide bonds. The molecular formula is C22H27N3O5. The quantitative estimate of drug-likeness (QED) is 0.828. The van der Waals surface area contributed by atoms with Gasteiger partial charge >= 0.3 is 0 Å². The smallest absolute Gasteiger partial charge is 0.259 e. The molecule has 4 rings (SSSR count). The van der Waals surface area contributed by atoms with Crippen molar-refractivity contribution in [2.24, 2.45) is 0 Å². The van der Waals surface area contributed by atoms with Crippen molar-refractivity contribution in [3.05, 3.63) is 46.8 Å². The normalized spacial score (nSPS) is 18.6. The monoisotopic (exact) mass is 413 g/mol. The van der Waals surface area contributed by atoms with E-state index in [-0.39, 0.29) is 17.6 Å². The van der Waals surface area contributed by atoms with Crippen molar-refractivity contribution in [3.8, 4) is 5.75 Å². The van der Waals surface area contributed by atoms with E-state index in [1.165, 1.54) is 0 Å². The number of hydrogen-bond acceptors (Lipinski definition) is 6. The number of aromatic nitrogens is 1. The number of phenols is 1. The van der Waals surface area contributed by atoms with Gasteiger partial charge in [0.2, 0.25) is 5.91 Å². The van der Waals surface area contributed by atoms with Gasteiger partial charge < -0.3 is 24.2 Å². The van der Waals surface area contributed by atoms with Crippen molar-refractivity contribution >= 4 is 11.8 Å². The van der Waals surface area contributed by atoms with Gasteiger partial charge in [0.25, 0.3) is 5.91 Å². The number of amides is 2. The Balaban J connectivity index is 1.37. The summed E-state index contributed by atoms with van der Waals surface area (Å²) in [5, 5.41) is 13.3. The van der Waals surface area contributed by atoms with Crippen LogP contribution in [0.1, 0.15) is 40.2 Å². The third kappa shape index (κ3) is 4.05. The Kier molecular flexibility index (Phi) is 5.51. The standard InChI is InChI=1S/C22H27N3O5/c1-15-20(16(2)30-23-15)21(28)24-9-7-22(8-10-24)14-25(11-12-29-22)19(27)13-17-3-5-18(26)6-4-17/h3-6,26H,7-14H2,1-2H3. The zero-order valence-corrected chi connectivity index (χ0v) is 17.4. The highest BCUT2D eigenvalue weighted by atomic mass is 16.5. The molecule has 0 saturated carbocycles. The lowest BCUT2D eigenvalue weighted by Crippen LogP contribution is -2.58. The number of likely N-dealkylation sites (tertiary alicyclic amines) is 1. The molecule has 2 aliphatic rings.